The van der Waals surface area contributed by atoms with E-state index in [-0.39, 0.29) is 16.9 Å². The number of aryl methyl sites for hydroxylation is 1. The molecule has 1 aliphatic rings. The molecule has 24 heavy (non-hydrogen) atoms. The molecule has 3 rings (SSSR count). The number of aromatic nitrogens is 1. The number of amides is 1. The van der Waals surface area contributed by atoms with Gasteiger partial charge in [-0.1, -0.05) is 29.5 Å². The molecule has 0 aliphatic carbocycles. The Bertz CT molecular complexity index is 730. The van der Waals surface area contributed by atoms with Crippen molar-refractivity contribution in [1.82, 2.24) is 9.47 Å². The first-order valence-corrected chi connectivity index (χ1v) is 9.16. The van der Waals surface area contributed by atoms with Crippen LogP contribution in [0.4, 0.5) is 0 Å². The van der Waals surface area contributed by atoms with Gasteiger partial charge in [0.25, 0.3) is 0 Å². The highest BCUT2D eigenvalue weighted by atomic mass is 32.1. The quantitative estimate of drug-likeness (QED) is 0.836. The molecule has 0 atom stereocenters. The Labute approximate surface area is 145 Å². The van der Waals surface area contributed by atoms with E-state index in [0.29, 0.717) is 26.1 Å². The predicted molar refractivity (Wildman–Crippen MR) is 94.6 cm³/mol. The summed E-state index contributed by atoms with van der Waals surface area (Å²) in [4.78, 5) is 25.9. The minimum atomic E-state index is 0.00951. The Balaban J connectivity index is 1.46. The molecule has 0 N–H and O–H groups in total. The first-order chi connectivity index (χ1) is 11.6. The third-order valence-corrected chi connectivity index (χ3v) is 5.25. The average Bonchev–Trinajstić information content (AvgIpc) is 2.92. The molecule has 1 amide bonds. The second-order valence-electron chi connectivity index (χ2n) is 6.06. The lowest BCUT2D eigenvalue weighted by molar-refractivity contribution is -0.133. The number of likely N-dealkylation sites (tertiary alicyclic amines) is 1. The summed E-state index contributed by atoms with van der Waals surface area (Å²) in [6.45, 7) is 3.80. The normalized spacial score (nSPS) is 15.5. The maximum Gasteiger partial charge on any atom is 0.307 e. The number of para-hydroxylation sites is 1. The van der Waals surface area contributed by atoms with Crippen LogP contribution in [-0.2, 0) is 11.3 Å². The summed E-state index contributed by atoms with van der Waals surface area (Å²) in [5, 5.41) is 1.83. The highest BCUT2D eigenvalue weighted by Crippen LogP contribution is 2.19. The number of piperidine rings is 1. The van der Waals surface area contributed by atoms with Crippen LogP contribution in [-0.4, -0.2) is 34.6 Å². The van der Waals surface area contributed by atoms with E-state index in [9.17, 15) is 9.59 Å². The van der Waals surface area contributed by atoms with Crippen LogP contribution < -0.4 is 9.61 Å². The first-order valence-electron chi connectivity index (χ1n) is 8.28. The summed E-state index contributed by atoms with van der Waals surface area (Å²) >= 11 is 1.19. The van der Waals surface area contributed by atoms with E-state index in [4.69, 9.17) is 4.74 Å². The molecule has 0 radical (unpaired) electrons. The Morgan fingerprint density at radius 3 is 2.58 bits per heavy atom. The number of rotatable bonds is 5. The van der Waals surface area contributed by atoms with Crippen molar-refractivity contribution in [1.29, 1.82) is 0 Å². The van der Waals surface area contributed by atoms with Gasteiger partial charge in [-0.15, -0.1) is 0 Å². The van der Waals surface area contributed by atoms with Gasteiger partial charge >= 0.3 is 4.87 Å². The van der Waals surface area contributed by atoms with Crippen molar-refractivity contribution in [3.63, 3.8) is 0 Å². The summed E-state index contributed by atoms with van der Waals surface area (Å²) in [5.41, 5.74) is 0.924. The minimum Gasteiger partial charge on any atom is -0.490 e. The molecule has 2 aromatic rings. The highest BCUT2D eigenvalue weighted by molar-refractivity contribution is 7.07. The lowest BCUT2D eigenvalue weighted by Crippen LogP contribution is -2.42. The van der Waals surface area contributed by atoms with Gasteiger partial charge in [0.1, 0.15) is 11.9 Å². The number of benzene rings is 1. The van der Waals surface area contributed by atoms with Gasteiger partial charge in [-0.2, -0.15) is 0 Å². The van der Waals surface area contributed by atoms with E-state index in [1.54, 1.807) is 4.57 Å². The van der Waals surface area contributed by atoms with Crippen LogP contribution in [0.2, 0.25) is 0 Å². The number of thiazole rings is 1. The number of nitrogens with zero attached hydrogens (tertiary/aromatic N) is 2. The maximum absolute atomic E-state index is 12.4. The highest BCUT2D eigenvalue weighted by Gasteiger charge is 2.23. The van der Waals surface area contributed by atoms with Crippen LogP contribution in [0.1, 0.15) is 25.0 Å². The fourth-order valence-electron chi connectivity index (χ4n) is 2.95. The van der Waals surface area contributed by atoms with Gasteiger partial charge in [-0.3, -0.25) is 9.59 Å². The molecule has 5 nitrogen and oxygen atoms in total. The summed E-state index contributed by atoms with van der Waals surface area (Å²) in [6, 6.07) is 9.80. The van der Waals surface area contributed by atoms with Gasteiger partial charge in [0.15, 0.2) is 0 Å². The number of carbonyl (C=O) groups is 1. The van der Waals surface area contributed by atoms with Crippen LogP contribution in [0.25, 0.3) is 0 Å². The molecule has 1 aromatic heterocycles. The fourth-order valence-corrected chi connectivity index (χ4v) is 3.72. The molecule has 0 saturated carbocycles. The van der Waals surface area contributed by atoms with Crippen molar-refractivity contribution >= 4 is 17.2 Å². The third kappa shape index (κ3) is 4.06. The van der Waals surface area contributed by atoms with Gasteiger partial charge in [0.05, 0.1) is 0 Å². The van der Waals surface area contributed by atoms with Gasteiger partial charge in [0.2, 0.25) is 5.91 Å². The number of hydrogen-bond donors (Lipinski definition) is 0. The van der Waals surface area contributed by atoms with Crippen molar-refractivity contribution in [2.75, 3.05) is 13.1 Å². The molecule has 6 heteroatoms. The van der Waals surface area contributed by atoms with Crippen molar-refractivity contribution in [2.24, 2.45) is 0 Å². The van der Waals surface area contributed by atoms with Crippen molar-refractivity contribution in [3.8, 4) is 5.75 Å². The second-order valence-corrected chi connectivity index (χ2v) is 6.88. The summed E-state index contributed by atoms with van der Waals surface area (Å²) in [5.74, 6) is 1.00. The summed E-state index contributed by atoms with van der Waals surface area (Å²) in [6.07, 6.45) is 2.23. The van der Waals surface area contributed by atoms with E-state index >= 15 is 0 Å². The Hall–Kier alpha value is -2.08. The fraction of sp³-hybridized carbons (Fsp3) is 0.444. The Kier molecular flexibility index (Phi) is 5.35. The molecular formula is C18H22N2O3S. The summed E-state index contributed by atoms with van der Waals surface area (Å²) in [7, 11) is 0. The van der Waals surface area contributed by atoms with Crippen LogP contribution in [0, 0.1) is 6.92 Å². The van der Waals surface area contributed by atoms with E-state index in [1.165, 1.54) is 11.3 Å². The zero-order valence-corrected chi connectivity index (χ0v) is 14.6. The largest absolute Gasteiger partial charge is 0.490 e. The van der Waals surface area contributed by atoms with Gasteiger partial charge in [0, 0.05) is 50.0 Å². The molecule has 1 fully saturated rings. The van der Waals surface area contributed by atoms with E-state index in [2.05, 4.69) is 0 Å². The molecule has 0 unspecified atom stereocenters. The van der Waals surface area contributed by atoms with E-state index in [0.717, 1.165) is 24.3 Å². The van der Waals surface area contributed by atoms with Crippen molar-refractivity contribution < 1.29 is 9.53 Å². The van der Waals surface area contributed by atoms with Crippen molar-refractivity contribution in [3.05, 3.63) is 51.1 Å². The number of hydrogen-bond acceptors (Lipinski definition) is 4. The molecular weight excluding hydrogens is 324 g/mol. The first kappa shape index (κ1) is 16.8. The van der Waals surface area contributed by atoms with Crippen LogP contribution in [0.5, 0.6) is 5.75 Å². The molecule has 1 aliphatic heterocycles. The number of carbonyl (C=O) groups excluding carboxylic acids is 1. The number of ether oxygens (including phenoxy) is 1. The maximum atomic E-state index is 12.4. The van der Waals surface area contributed by atoms with Crippen LogP contribution in [0.3, 0.4) is 0 Å². The van der Waals surface area contributed by atoms with Gasteiger partial charge < -0.3 is 14.2 Å². The van der Waals surface area contributed by atoms with E-state index in [1.807, 2.05) is 47.5 Å². The van der Waals surface area contributed by atoms with Gasteiger partial charge in [-0.05, 0) is 19.1 Å². The van der Waals surface area contributed by atoms with Crippen molar-refractivity contribution in [2.45, 2.75) is 38.8 Å². The van der Waals surface area contributed by atoms with E-state index < -0.39 is 0 Å². The second kappa shape index (κ2) is 7.66. The zero-order valence-electron chi connectivity index (χ0n) is 13.8. The van der Waals surface area contributed by atoms with Gasteiger partial charge in [-0.25, -0.2) is 0 Å². The SMILES string of the molecule is Cc1csc(=O)n1CCC(=O)N1CCC(Oc2ccccc2)CC1. The lowest BCUT2D eigenvalue weighted by Gasteiger charge is -2.32. The molecule has 128 valence electrons. The van der Waals surface area contributed by atoms with Crippen LogP contribution >= 0.6 is 11.3 Å². The standard InChI is InChI=1S/C18H22N2O3S/c1-14-13-24-18(22)20(14)12-9-17(21)19-10-7-16(8-11-19)23-15-5-3-2-4-6-15/h2-6,13,16H,7-12H2,1H3. The molecule has 2 heterocycles. The summed E-state index contributed by atoms with van der Waals surface area (Å²) < 4.78 is 7.63. The molecule has 1 aromatic carbocycles. The minimum absolute atomic E-state index is 0.00951. The monoisotopic (exact) mass is 346 g/mol. The Morgan fingerprint density at radius 2 is 1.96 bits per heavy atom. The topological polar surface area (TPSA) is 51.5 Å². The van der Waals surface area contributed by atoms with Crippen LogP contribution in [0.15, 0.2) is 40.5 Å². The molecule has 0 spiro atoms. The average molecular weight is 346 g/mol. The third-order valence-electron chi connectivity index (χ3n) is 4.37. The smallest absolute Gasteiger partial charge is 0.307 e. The predicted octanol–water partition coefficient (Wildman–Crippen LogP) is 2.68. The Morgan fingerprint density at radius 1 is 1.25 bits per heavy atom. The molecule has 0 bridgehead atoms. The lowest BCUT2D eigenvalue weighted by atomic mass is 10.1. The zero-order chi connectivity index (χ0) is 16.9. The molecule has 1 saturated heterocycles.